The van der Waals surface area contributed by atoms with Crippen LogP contribution in [0.5, 0.6) is 0 Å². The summed E-state index contributed by atoms with van der Waals surface area (Å²) in [5, 5.41) is 6.35. The highest BCUT2D eigenvalue weighted by Gasteiger charge is 2.27. The van der Waals surface area contributed by atoms with Gasteiger partial charge in [0.1, 0.15) is 11.4 Å². The van der Waals surface area contributed by atoms with Gasteiger partial charge in [0.05, 0.1) is 11.2 Å². The number of carbonyl (C=O) groups excluding carboxylic acids is 1. The molecule has 2 aromatic heterocycles. The normalized spacial score (nSPS) is 18.3. The minimum Gasteiger partial charge on any atom is -0.444 e. The Balaban J connectivity index is 1.60. The Hall–Kier alpha value is -2.22. The average Bonchev–Trinajstić information content (AvgIpc) is 3.14. The fraction of sp³-hybridized carbons (Fsp3) is 0.458. The molecule has 1 aliphatic rings. The van der Waals surface area contributed by atoms with Crippen LogP contribution in [-0.2, 0) is 4.74 Å². The van der Waals surface area contributed by atoms with Crippen molar-refractivity contribution in [1.29, 1.82) is 0 Å². The van der Waals surface area contributed by atoms with Gasteiger partial charge in [-0.15, -0.1) is 0 Å². The summed E-state index contributed by atoms with van der Waals surface area (Å²) in [5.74, 6) is -1.84. The predicted molar refractivity (Wildman–Crippen MR) is 144 cm³/mol. The lowest BCUT2D eigenvalue weighted by Crippen LogP contribution is -2.44. The Morgan fingerprint density at radius 3 is 2.61 bits per heavy atom. The van der Waals surface area contributed by atoms with Gasteiger partial charge in [0.2, 0.25) is 0 Å². The molecule has 36 heavy (non-hydrogen) atoms. The highest BCUT2D eigenvalue weighted by molar-refractivity contribution is 14.2. The van der Waals surface area contributed by atoms with E-state index in [-0.39, 0.29) is 34.9 Å². The standard InChI is InChI=1S/C24H27F3IN5O2S/c1-12-19(27)22(30-14-6-5-7-15(10-14)31-23(34)35-24(2,3)4)32-21(29-12)17-11-33(36-28)20-16(17)8-13(25)9-18(20)26/h8-9,11,14-15H,5-7,10H2,1-4H3,(H,31,34)(H,29,30,32). The maximum absolute atomic E-state index is 15.1. The summed E-state index contributed by atoms with van der Waals surface area (Å²) in [7, 11) is 1.22. The summed E-state index contributed by atoms with van der Waals surface area (Å²) in [4.78, 5) is 20.9. The molecule has 2 unspecified atom stereocenters. The first-order valence-electron chi connectivity index (χ1n) is 11.5. The fourth-order valence-electron chi connectivity index (χ4n) is 4.37. The van der Waals surface area contributed by atoms with Crippen molar-refractivity contribution in [3.63, 3.8) is 0 Å². The molecule has 194 valence electrons. The van der Waals surface area contributed by atoms with Gasteiger partial charge >= 0.3 is 6.09 Å². The van der Waals surface area contributed by atoms with Crippen molar-refractivity contribution in [2.45, 2.75) is 71.1 Å². The SMILES string of the molecule is Cc1nc(-c2cn(SI)c3c(F)cc(F)cc23)nc(NC2CCCC(NC(=O)OC(C)(C)C)C2)c1F. The number of hydrogen-bond donors (Lipinski definition) is 2. The maximum atomic E-state index is 15.1. The Bertz CT molecular complexity index is 1300. The molecule has 1 fully saturated rings. The molecule has 1 aliphatic carbocycles. The number of benzene rings is 1. The van der Waals surface area contributed by atoms with Gasteiger partial charge in [-0.1, -0.05) is 0 Å². The van der Waals surface area contributed by atoms with Crippen LogP contribution in [0.25, 0.3) is 22.3 Å². The van der Waals surface area contributed by atoms with Crippen LogP contribution in [0.1, 0.15) is 52.1 Å². The molecular formula is C24H27F3IN5O2S. The molecule has 0 saturated heterocycles. The number of aromatic nitrogens is 3. The van der Waals surface area contributed by atoms with Crippen LogP contribution in [0.2, 0.25) is 0 Å². The van der Waals surface area contributed by atoms with E-state index < -0.39 is 29.1 Å². The van der Waals surface area contributed by atoms with E-state index in [2.05, 4.69) is 20.6 Å². The minimum atomic E-state index is -0.722. The molecule has 4 rings (SSSR count). The lowest BCUT2D eigenvalue weighted by atomic mass is 9.91. The van der Waals surface area contributed by atoms with Crippen LogP contribution < -0.4 is 10.6 Å². The quantitative estimate of drug-likeness (QED) is 0.297. The highest BCUT2D eigenvalue weighted by Crippen LogP contribution is 2.36. The summed E-state index contributed by atoms with van der Waals surface area (Å²) < 4.78 is 50.5. The number of hydrogen-bond acceptors (Lipinski definition) is 6. The molecule has 1 amide bonds. The molecule has 1 saturated carbocycles. The van der Waals surface area contributed by atoms with E-state index in [9.17, 15) is 13.6 Å². The van der Waals surface area contributed by atoms with Gasteiger partial charge in [-0.3, -0.25) is 3.97 Å². The fourth-order valence-corrected chi connectivity index (χ4v) is 5.71. The minimum absolute atomic E-state index is 0.0142. The van der Waals surface area contributed by atoms with Crippen molar-refractivity contribution >= 4 is 53.1 Å². The van der Waals surface area contributed by atoms with Gasteiger partial charge in [-0.2, -0.15) is 0 Å². The maximum Gasteiger partial charge on any atom is 0.407 e. The number of carbonyl (C=O) groups is 1. The molecule has 2 atom stereocenters. The molecule has 3 aromatic rings. The third kappa shape index (κ3) is 6.01. The summed E-state index contributed by atoms with van der Waals surface area (Å²) in [6.07, 6.45) is 4.09. The van der Waals surface area contributed by atoms with E-state index in [4.69, 9.17) is 4.74 Å². The monoisotopic (exact) mass is 633 g/mol. The van der Waals surface area contributed by atoms with E-state index in [0.717, 1.165) is 25.3 Å². The molecule has 0 radical (unpaired) electrons. The van der Waals surface area contributed by atoms with E-state index >= 15 is 4.39 Å². The second-order valence-corrected chi connectivity index (χ2v) is 11.6. The number of fused-ring (bicyclic) bond motifs is 1. The number of halogens is 4. The molecule has 2 N–H and O–H groups in total. The smallest absolute Gasteiger partial charge is 0.407 e. The second kappa shape index (κ2) is 10.6. The molecule has 12 heteroatoms. The topological polar surface area (TPSA) is 81.1 Å². The largest absolute Gasteiger partial charge is 0.444 e. The number of nitrogens with one attached hydrogen (secondary N) is 2. The third-order valence-corrected chi connectivity index (χ3v) is 7.56. The van der Waals surface area contributed by atoms with Crippen LogP contribution in [0, 0.1) is 24.4 Å². The number of ether oxygens (including phenoxy) is 1. The molecular weight excluding hydrogens is 606 g/mol. The van der Waals surface area contributed by atoms with Crippen molar-refractivity contribution < 1.29 is 22.7 Å². The second-order valence-electron chi connectivity index (χ2n) is 9.87. The molecule has 2 heterocycles. The molecule has 7 nitrogen and oxygen atoms in total. The summed E-state index contributed by atoms with van der Waals surface area (Å²) in [6.45, 7) is 6.92. The van der Waals surface area contributed by atoms with Crippen molar-refractivity contribution in [3.8, 4) is 11.4 Å². The van der Waals surface area contributed by atoms with Gasteiger partial charge in [0, 0.05) is 65.6 Å². The van der Waals surface area contributed by atoms with Gasteiger partial charge in [0.15, 0.2) is 23.3 Å². The van der Waals surface area contributed by atoms with Gasteiger partial charge in [-0.05, 0) is 59.4 Å². The number of nitrogens with zero attached hydrogens (tertiary/aromatic N) is 3. The predicted octanol–water partition coefficient (Wildman–Crippen LogP) is 6.92. The molecule has 0 spiro atoms. The number of alkyl carbamates (subject to hydrolysis) is 1. The summed E-state index contributed by atoms with van der Waals surface area (Å²) in [6, 6.07) is 1.78. The Morgan fingerprint density at radius 2 is 1.92 bits per heavy atom. The van der Waals surface area contributed by atoms with Gasteiger partial charge < -0.3 is 15.4 Å². The number of amides is 1. The van der Waals surface area contributed by atoms with E-state index in [1.54, 1.807) is 30.9 Å². The van der Waals surface area contributed by atoms with Crippen molar-refractivity contribution in [1.82, 2.24) is 19.3 Å². The van der Waals surface area contributed by atoms with Crippen LogP contribution in [-0.4, -0.2) is 37.7 Å². The lowest BCUT2D eigenvalue weighted by molar-refractivity contribution is 0.0492. The molecule has 0 bridgehead atoms. The van der Waals surface area contributed by atoms with Gasteiger partial charge in [-0.25, -0.2) is 27.9 Å². The first kappa shape index (κ1) is 26.8. The van der Waals surface area contributed by atoms with Crippen LogP contribution in [0.4, 0.5) is 23.8 Å². The zero-order valence-electron chi connectivity index (χ0n) is 20.3. The zero-order valence-corrected chi connectivity index (χ0v) is 23.3. The van der Waals surface area contributed by atoms with Crippen LogP contribution >= 0.6 is 30.3 Å². The van der Waals surface area contributed by atoms with E-state index in [1.807, 2.05) is 21.2 Å². The Labute approximate surface area is 223 Å². The highest BCUT2D eigenvalue weighted by atomic mass is 127. The van der Waals surface area contributed by atoms with Gasteiger partial charge in [0.25, 0.3) is 0 Å². The van der Waals surface area contributed by atoms with Crippen LogP contribution in [0.3, 0.4) is 0 Å². The van der Waals surface area contributed by atoms with E-state index in [1.165, 1.54) is 22.1 Å². The number of anilines is 1. The number of rotatable bonds is 5. The van der Waals surface area contributed by atoms with Crippen LogP contribution in [0.15, 0.2) is 18.3 Å². The molecule has 1 aromatic carbocycles. The van der Waals surface area contributed by atoms with Crippen molar-refractivity contribution in [2.75, 3.05) is 5.32 Å². The first-order chi connectivity index (χ1) is 16.9. The molecule has 0 aliphatic heterocycles. The van der Waals surface area contributed by atoms with E-state index in [0.29, 0.717) is 17.4 Å². The van der Waals surface area contributed by atoms with Crippen molar-refractivity contribution in [3.05, 3.63) is 41.5 Å². The average molecular weight is 633 g/mol. The van der Waals surface area contributed by atoms with Crippen molar-refractivity contribution in [2.24, 2.45) is 0 Å². The first-order valence-corrected chi connectivity index (χ1v) is 14.9. The third-order valence-electron chi connectivity index (χ3n) is 5.85. The lowest BCUT2D eigenvalue weighted by Gasteiger charge is -2.31. The summed E-state index contributed by atoms with van der Waals surface area (Å²) in [5.41, 5.74) is 0.113. The Kier molecular flexibility index (Phi) is 7.93. The number of aryl methyl sites for hydroxylation is 1. The Morgan fingerprint density at radius 1 is 1.19 bits per heavy atom. The summed E-state index contributed by atoms with van der Waals surface area (Å²) >= 11 is 2.00. The zero-order chi connectivity index (χ0) is 26.2.